The summed E-state index contributed by atoms with van der Waals surface area (Å²) in [7, 11) is 0. The van der Waals surface area contributed by atoms with Crippen molar-refractivity contribution in [1.29, 1.82) is 5.26 Å². The maximum absolute atomic E-state index is 9.18. The molecule has 4 aromatic rings. The van der Waals surface area contributed by atoms with Crippen LogP contribution in [0.3, 0.4) is 0 Å². The van der Waals surface area contributed by atoms with Crippen LogP contribution in [0.1, 0.15) is 28.9 Å². The lowest BCUT2D eigenvalue weighted by atomic mass is 10.1. The number of hydrogen-bond donors (Lipinski definition) is 1. The van der Waals surface area contributed by atoms with Crippen LogP contribution in [0.5, 0.6) is 11.8 Å². The monoisotopic (exact) mass is 466 g/mol. The Labute approximate surface area is 206 Å². The number of aromatic amines is 1. The van der Waals surface area contributed by atoms with E-state index in [1.165, 1.54) is 16.6 Å². The van der Waals surface area contributed by atoms with Crippen LogP contribution in [0.15, 0.2) is 54.7 Å². The molecule has 0 saturated carbocycles. The second kappa shape index (κ2) is 10.2. The third-order valence-electron chi connectivity index (χ3n) is 6.56. The van der Waals surface area contributed by atoms with Gasteiger partial charge in [0, 0.05) is 60.4 Å². The highest BCUT2D eigenvalue weighted by Crippen LogP contribution is 2.24. The number of aromatic nitrogens is 3. The van der Waals surface area contributed by atoms with Crippen molar-refractivity contribution >= 4 is 16.6 Å². The molecule has 0 spiro atoms. The number of nitrogens with one attached hydrogen (secondary N) is 1. The van der Waals surface area contributed by atoms with E-state index in [1.807, 2.05) is 50.2 Å². The third kappa shape index (κ3) is 5.44. The summed E-state index contributed by atoms with van der Waals surface area (Å²) in [5, 5.41) is 10.4. The molecule has 5 rings (SSSR count). The van der Waals surface area contributed by atoms with Crippen LogP contribution in [0.4, 0.5) is 5.69 Å². The maximum atomic E-state index is 9.18. The number of fused-ring (bicyclic) bond motifs is 1. The maximum Gasteiger partial charge on any atom is 0.322 e. The van der Waals surface area contributed by atoms with E-state index >= 15 is 0 Å². The van der Waals surface area contributed by atoms with Gasteiger partial charge in [-0.1, -0.05) is 0 Å². The van der Waals surface area contributed by atoms with E-state index in [0.717, 1.165) is 68.2 Å². The molecule has 7 nitrogen and oxygen atoms in total. The predicted octanol–water partition coefficient (Wildman–Crippen LogP) is 4.99. The van der Waals surface area contributed by atoms with Crippen molar-refractivity contribution in [3.8, 4) is 17.8 Å². The van der Waals surface area contributed by atoms with Gasteiger partial charge in [0.15, 0.2) is 0 Å². The minimum absolute atomic E-state index is 0.391. The van der Waals surface area contributed by atoms with Gasteiger partial charge < -0.3 is 14.6 Å². The molecule has 0 bridgehead atoms. The Morgan fingerprint density at radius 3 is 2.43 bits per heavy atom. The van der Waals surface area contributed by atoms with Gasteiger partial charge in [-0.05, 0) is 87.3 Å². The predicted molar refractivity (Wildman–Crippen MR) is 138 cm³/mol. The summed E-state index contributed by atoms with van der Waals surface area (Å²) >= 11 is 0. The van der Waals surface area contributed by atoms with Crippen molar-refractivity contribution in [3.63, 3.8) is 0 Å². The summed E-state index contributed by atoms with van der Waals surface area (Å²) in [5.74, 6) is 0.747. The first-order chi connectivity index (χ1) is 17.1. The summed E-state index contributed by atoms with van der Waals surface area (Å²) in [6.45, 7) is 9.11. The first-order valence-corrected chi connectivity index (χ1v) is 12.1. The van der Waals surface area contributed by atoms with Gasteiger partial charge in [-0.25, -0.2) is 9.97 Å². The molecule has 0 radical (unpaired) electrons. The highest BCUT2D eigenvalue weighted by molar-refractivity contribution is 5.84. The number of piperazine rings is 1. The molecule has 1 saturated heterocycles. The molecule has 3 heterocycles. The van der Waals surface area contributed by atoms with Crippen LogP contribution in [-0.4, -0.2) is 52.6 Å². The molecule has 1 fully saturated rings. The topological polar surface area (TPSA) is 81.1 Å². The second-order valence-electron chi connectivity index (χ2n) is 9.15. The molecule has 0 unspecified atom stereocenters. The Morgan fingerprint density at radius 2 is 1.71 bits per heavy atom. The van der Waals surface area contributed by atoms with Crippen molar-refractivity contribution in [1.82, 2.24) is 19.9 Å². The molecule has 0 atom stereocenters. The van der Waals surface area contributed by atoms with Crippen molar-refractivity contribution in [2.75, 3.05) is 37.6 Å². The van der Waals surface area contributed by atoms with Crippen LogP contribution in [0.25, 0.3) is 10.9 Å². The number of H-pyrrole nitrogens is 1. The highest BCUT2D eigenvalue weighted by Gasteiger charge is 2.17. The fourth-order valence-electron chi connectivity index (χ4n) is 4.75. The van der Waals surface area contributed by atoms with E-state index in [1.54, 1.807) is 0 Å². The molecular weight excluding hydrogens is 436 g/mol. The van der Waals surface area contributed by atoms with E-state index in [4.69, 9.17) is 4.74 Å². The van der Waals surface area contributed by atoms with Crippen LogP contribution in [0.2, 0.25) is 0 Å². The van der Waals surface area contributed by atoms with E-state index in [0.29, 0.717) is 11.6 Å². The van der Waals surface area contributed by atoms with Gasteiger partial charge >= 0.3 is 6.01 Å². The Kier molecular flexibility index (Phi) is 6.64. The molecule has 2 aromatic carbocycles. The number of nitriles is 1. The van der Waals surface area contributed by atoms with Gasteiger partial charge in [-0.2, -0.15) is 5.26 Å². The number of benzene rings is 2. The molecule has 1 N–H and O–H groups in total. The normalized spacial score (nSPS) is 14.3. The minimum atomic E-state index is 0.391. The number of hydrogen-bond acceptors (Lipinski definition) is 6. The van der Waals surface area contributed by atoms with Gasteiger partial charge in [0.25, 0.3) is 0 Å². The van der Waals surface area contributed by atoms with E-state index in [-0.39, 0.29) is 0 Å². The van der Waals surface area contributed by atoms with E-state index in [2.05, 4.69) is 49.2 Å². The van der Waals surface area contributed by atoms with E-state index in [9.17, 15) is 5.26 Å². The fourth-order valence-corrected chi connectivity index (χ4v) is 4.75. The van der Waals surface area contributed by atoms with Crippen molar-refractivity contribution in [2.24, 2.45) is 0 Å². The molecule has 0 amide bonds. The van der Waals surface area contributed by atoms with Gasteiger partial charge in [-0.3, -0.25) is 4.90 Å². The van der Waals surface area contributed by atoms with Crippen LogP contribution in [0, 0.1) is 25.2 Å². The Morgan fingerprint density at radius 1 is 0.971 bits per heavy atom. The smallest absolute Gasteiger partial charge is 0.322 e. The summed E-state index contributed by atoms with van der Waals surface area (Å²) in [5.41, 5.74) is 6.13. The molecule has 2 aromatic heterocycles. The number of ether oxygens (including phenoxy) is 1. The van der Waals surface area contributed by atoms with E-state index < -0.39 is 0 Å². The SMILES string of the molecule is Cc1cc(C)nc(Oc2ccc(N3CCN(CCCc4c[nH]c5ccc(C#N)cc45)CC3)cc2)n1. The highest BCUT2D eigenvalue weighted by atomic mass is 16.5. The van der Waals surface area contributed by atoms with Gasteiger partial charge in [0.2, 0.25) is 0 Å². The average molecular weight is 467 g/mol. The zero-order valence-corrected chi connectivity index (χ0v) is 20.3. The van der Waals surface area contributed by atoms with Crippen molar-refractivity contribution < 1.29 is 4.74 Å². The summed E-state index contributed by atoms with van der Waals surface area (Å²) in [6, 6.07) is 18.6. The Balaban J connectivity index is 1.10. The summed E-state index contributed by atoms with van der Waals surface area (Å²) in [6.07, 6.45) is 4.21. The Hall–Kier alpha value is -3.89. The lowest BCUT2D eigenvalue weighted by molar-refractivity contribution is 0.255. The first kappa shape index (κ1) is 22.9. The van der Waals surface area contributed by atoms with Gasteiger partial charge in [0.1, 0.15) is 5.75 Å². The number of anilines is 1. The molecule has 35 heavy (non-hydrogen) atoms. The van der Waals surface area contributed by atoms with Crippen LogP contribution < -0.4 is 9.64 Å². The molecule has 7 heteroatoms. The zero-order chi connectivity index (χ0) is 24.2. The molecule has 1 aliphatic rings. The average Bonchev–Trinajstić information content (AvgIpc) is 3.26. The molecule has 178 valence electrons. The van der Waals surface area contributed by atoms with Gasteiger partial charge in [0.05, 0.1) is 11.6 Å². The summed E-state index contributed by atoms with van der Waals surface area (Å²) < 4.78 is 5.85. The van der Waals surface area contributed by atoms with Crippen molar-refractivity contribution in [2.45, 2.75) is 26.7 Å². The Bertz CT molecular complexity index is 1330. The largest absolute Gasteiger partial charge is 0.424 e. The summed E-state index contributed by atoms with van der Waals surface area (Å²) in [4.78, 5) is 17.0. The molecule has 1 aliphatic heterocycles. The minimum Gasteiger partial charge on any atom is -0.424 e. The number of rotatable bonds is 7. The second-order valence-corrected chi connectivity index (χ2v) is 9.15. The van der Waals surface area contributed by atoms with Crippen LogP contribution >= 0.6 is 0 Å². The number of nitrogens with zero attached hydrogens (tertiary/aromatic N) is 5. The van der Waals surface area contributed by atoms with Crippen LogP contribution in [-0.2, 0) is 6.42 Å². The third-order valence-corrected chi connectivity index (χ3v) is 6.56. The van der Waals surface area contributed by atoms with Crippen molar-refractivity contribution in [3.05, 3.63) is 77.2 Å². The standard InChI is InChI=1S/C28H30N6O/c1-20-16-21(2)32-28(31-20)35-25-8-6-24(7-9-25)34-14-12-33(13-15-34)11-3-4-23-19-30-27-10-5-22(18-29)17-26(23)27/h5-10,16-17,19,30H,3-4,11-15H2,1-2H3. The number of aryl methyl sites for hydroxylation is 3. The molecule has 0 aliphatic carbocycles. The fraction of sp³-hybridized carbons (Fsp3) is 0.321. The quantitative estimate of drug-likeness (QED) is 0.413. The lowest BCUT2D eigenvalue weighted by Gasteiger charge is -2.36. The molecular formula is C28H30N6O. The first-order valence-electron chi connectivity index (χ1n) is 12.1. The van der Waals surface area contributed by atoms with Gasteiger partial charge in [-0.15, -0.1) is 0 Å². The lowest BCUT2D eigenvalue weighted by Crippen LogP contribution is -2.46. The zero-order valence-electron chi connectivity index (χ0n) is 20.3.